The molecule has 24 heavy (non-hydrogen) atoms. The third kappa shape index (κ3) is 5.85. The van der Waals surface area contributed by atoms with Crippen LogP contribution >= 0.6 is 0 Å². The van der Waals surface area contributed by atoms with Crippen molar-refractivity contribution in [2.24, 2.45) is 5.92 Å². The topological polar surface area (TPSA) is 84.9 Å². The van der Waals surface area contributed by atoms with Gasteiger partial charge >= 0.3 is 5.97 Å². The molecule has 6 nitrogen and oxygen atoms in total. The third-order valence-electron chi connectivity index (χ3n) is 4.21. The summed E-state index contributed by atoms with van der Waals surface area (Å²) in [5.41, 5.74) is 0.434. The molecule has 0 spiro atoms. The van der Waals surface area contributed by atoms with Crippen LogP contribution in [0.25, 0.3) is 0 Å². The number of hydrogen-bond acceptors (Lipinski definition) is 4. The fraction of sp³-hybridized carbons (Fsp3) is 0.556. The van der Waals surface area contributed by atoms with Crippen LogP contribution in [-0.2, 0) is 9.53 Å². The molecule has 1 fully saturated rings. The molecular formula is C18H25NO5. The summed E-state index contributed by atoms with van der Waals surface area (Å²) in [7, 11) is 0. The van der Waals surface area contributed by atoms with Gasteiger partial charge in [0.05, 0.1) is 12.7 Å². The van der Waals surface area contributed by atoms with Crippen LogP contribution in [0.15, 0.2) is 24.3 Å². The second kappa shape index (κ2) is 9.27. The second-order valence-corrected chi connectivity index (χ2v) is 6.14. The summed E-state index contributed by atoms with van der Waals surface area (Å²) in [6, 6.07) is 6.47. The SMILES string of the molecule is CC1CCCCC1OCCNC(=O)c1cccc(OCC(=O)O)c1. The fourth-order valence-corrected chi connectivity index (χ4v) is 2.88. The zero-order chi connectivity index (χ0) is 17.4. The molecule has 0 heterocycles. The molecule has 2 unspecified atom stereocenters. The predicted molar refractivity (Wildman–Crippen MR) is 89.3 cm³/mol. The Kier molecular flexibility index (Phi) is 7.06. The van der Waals surface area contributed by atoms with Crippen molar-refractivity contribution in [3.8, 4) is 5.75 Å². The third-order valence-corrected chi connectivity index (χ3v) is 4.21. The van der Waals surface area contributed by atoms with Crippen LogP contribution in [-0.4, -0.2) is 42.8 Å². The van der Waals surface area contributed by atoms with Gasteiger partial charge < -0.3 is 19.9 Å². The van der Waals surface area contributed by atoms with Crippen molar-refractivity contribution in [1.29, 1.82) is 0 Å². The van der Waals surface area contributed by atoms with Crippen molar-refractivity contribution < 1.29 is 24.2 Å². The number of carboxylic acid groups (broad SMARTS) is 1. The van der Waals surface area contributed by atoms with E-state index in [2.05, 4.69) is 12.2 Å². The smallest absolute Gasteiger partial charge is 0.341 e. The first kappa shape index (κ1) is 18.3. The van der Waals surface area contributed by atoms with Crippen molar-refractivity contribution in [3.63, 3.8) is 0 Å². The van der Waals surface area contributed by atoms with E-state index in [0.29, 0.717) is 36.5 Å². The van der Waals surface area contributed by atoms with Gasteiger partial charge in [-0.2, -0.15) is 0 Å². The van der Waals surface area contributed by atoms with E-state index < -0.39 is 12.6 Å². The van der Waals surface area contributed by atoms with Crippen molar-refractivity contribution in [1.82, 2.24) is 5.32 Å². The lowest BCUT2D eigenvalue weighted by Gasteiger charge is -2.28. The highest BCUT2D eigenvalue weighted by Crippen LogP contribution is 2.26. The molecule has 2 atom stereocenters. The van der Waals surface area contributed by atoms with Crippen LogP contribution in [0.4, 0.5) is 0 Å². The van der Waals surface area contributed by atoms with Gasteiger partial charge in [0.2, 0.25) is 0 Å². The largest absolute Gasteiger partial charge is 0.482 e. The summed E-state index contributed by atoms with van der Waals surface area (Å²) in [5.74, 6) is -0.343. The summed E-state index contributed by atoms with van der Waals surface area (Å²) >= 11 is 0. The van der Waals surface area contributed by atoms with Gasteiger partial charge in [0, 0.05) is 12.1 Å². The minimum absolute atomic E-state index is 0.226. The number of carbonyl (C=O) groups is 2. The van der Waals surface area contributed by atoms with E-state index in [1.165, 1.54) is 25.3 Å². The van der Waals surface area contributed by atoms with Gasteiger partial charge in [-0.25, -0.2) is 4.79 Å². The Morgan fingerprint density at radius 2 is 2.08 bits per heavy atom. The Hall–Kier alpha value is -2.08. The highest BCUT2D eigenvalue weighted by atomic mass is 16.5. The van der Waals surface area contributed by atoms with Crippen LogP contribution in [0.3, 0.4) is 0 Å². The molecule has 6 heteroatoms. The second-order valence-electron chi connectivity index (χ2n) is 6.14. The Balaban J connectivity index is 1.73. The van der Waals surface area contributed by atoms with Gasteiger partial charge in [-0.15, -0.1) is 0 Å². The van der Waals surface area contributed by atoms with Gasteiger partial charge in [-0.05, 0) is 37.0 Å². The highest BCUT2D eigenvalue weighted by Gasteiger charge is 2.21. The maximum Gasteiger partial charge on any atom is 0.341 e. The van der Waals surface area contributed by atoms with Crippen LogP contribution < -0.4 is 10.1 Å². The quantitative estimate of drug-likeness (QED) is 0.713. The summed E-state index contributed by atoms with van der Waals surface area (Å²) in [6.07, 6.45) is 5.09. The molecule has 1 amide bonds. The zero-order valence-electron chi connectivity index (χ0n) is 14.0. The maximum absolute atomic E-state index is 12.1. The van der Waals surface area contributed by atoms with Crippen molar-refractivity contribution in [2.75, 3.05) is 19.8 Å². The summed E-state index contributed by atoms with van der Waals surface area (Å²) in [4.78, 5) is 22.6. The number of rotatable bonds is 8. The Morgan fingerprint density at radius 3 is 2.83 bits per heavy atom. The van der Waals surface area contributed by atoms with Crippen LogP contribution in [0.1, 0.15) is 43.0 Å². The molecule has 1 aromatic carbocycles. The van der Waals surface area contributed by atoms with Crippen molar-refractivity contribution in [2.45, 2.75) is 38.7 Å². The minimum Gasteiger partial charge on any atom is -0.482 e. The van der Waals surface area contributed by atoms with E-state index in [-0.39, 0.29) is 5.91 Å². The van der Waals surface area contributed by atoms with Gasteiger partial charge in [-0.3, -0.25) is 4.79 Å². The molecule has 132 valence electrons. The molecule has 2 rings (SSSR count). The number of aliphatic carboxylic acids is 1. The van der Waals surface area contributed by atoms with Crippen molar-refractivity contribution in [3.05, 3.63) is 29.8 Å². The lowest BCUT2D eigenvalue weighted by atomic mass is 9.88. The number of benzene rings is 1. The monoisotopic (exact) mass is 335 g/mol. The molecule has 1 aromatic rings. The molecule has 1 saturated carbocycles. The first-order chi connectivity index (χ1) is 11.6. The number of carboxylic acids is 1. The number of hydrogen-bond donors (Lipinski definition) is 2. The molecule has 0 saturated heterocycles. The first-order valence-corrected chi connectivity index (χ1v) is 8.40. The normalized spacial score (nSPS) is 20.4. The van der Waals surface area contributed by atoms with E-state index in [1.54, 1.807) is 18.2 Å². The summed E-state index contributed by atoms with van der Waals surface area (Å²) in [6.45, 7) is 2.72. The number of ether oxygens (including phenoxy) is 2. The fourth-order valence-electron chi connectivity index (χ4n) is 2.88. The summed E-state index contributed by atoms with van der Waals surface area (Å²) in [5, 5.41) is 11.4. The number of amides is 1. The predicted octanol–water partition coefficient (Wildman–Crippen LogP) is 2.48. The standard InChI is InChI=1S/C18H25NO5/c1-13-5-2-3-8-16(13)23-10-9-19-18(22)14-6-4-7-15(11-14)24-12-17(20)21/h4,6-7,11,13,16H,2-3,5,8-10,12H2,1H3,(H,19,22)(H,20,21). The van der Waals surface area contributed by atoms with Crippen LogP contribution in [0.2, 0.25) is 0 Å². The maximum atomic E-state index is 12.1. The molecule has 0 bridgehead atoms. The average molecular weight is 335 g/mol. The van der Waals surface area contributed by atoms with Gasteiger partial charge in [0.25, 0.3) is 5.91 Å². The van der Waals surface area contributed by atoms with Gasteiger partial charge in [-0.1, -0.05) is 25.8 Å². The van der Waals surface area contributed by atoms with Crippen molar-refractivity contribution >= 4 is 11.9 Å². The molecule has 0 aromatic heterocycles. The highest BCUT2D eigenvalue weighted by molar-refractivity contribution is 5.94. The lowest BCUT2D eigenvalue weighted by molar-refractivity contribution is -0.139. The molecule has 1 aliphatic rings. The minimum atomic E-state index is -1.06. The van der Waals surface area contributed by atoms with E-state index >= 15 is 0 Å². The van der Waals surface area contributed by atoms with Crippen LogP contribution in [0.5, 0.6) is 5.75 Å². The Labute approximate surface area is 142 Å². The van der Waals surface area contributed by atoms with E-state index in [4.69, 9.17) is 14.6 Å². The first-order valence-electron chi connectivity index (χ1n) is 8.40. The van der Waals surface area contributed by atoms with Gasteiger partial charge in [0.15, 0.2) is 6.61 Å². The molecule has 0 aliphatic heterocycles. The molecular weight excluding hydrogens is 310 g/mol. The average Bonchev–Trinajstić information content (AvgIpc) is 2.58. The molecule has 0 radical (unpaired) electrons. The lowest BCUT2D eigenvalue weighted by Crippen LogP contribution is -2.31. The van der Waals surface area contributed by atoms with E-state index in [0.717, 1.165) is 6.42 Å². The summed E-state index contributed by atoms with van der Waals surface area (Å²) < 4.78 is 10.9. The Morgan fingerprint density at radius 1 is 1.29 bits per heavy atom. The van der Waals surface area contributed by atoms with E-state index in [1.807, 2.05) is 0 Å². The Bertz CT molecular complexity index is 560. The molecule has 2 N–H and O–H groups in total. The molecule has 1 aliphatic carbocycles. The van der Waals surface area contributed by atoms with Crippen LogP contribution in [0, 0.1) is 5.92 Å². The zero-order valence-corrected chi connectivity index (χ0v) is 14.0. The number of carbonyl (C=O) groups excluding carboxylic acids is 1. The van der Waals surface area contributed by atoms with E-state index in [9.17, 15) is 9.59 Å². The number of nitrogens with one attached hydrogen (secondary N) is 1. The van der Waals surface area contributed by atoms with Gasteiger partial charge in [0.1, 0.15) is 5.75 Å².